The van der Waals surface area contributed by atoms with Gasteiger partial charge in [0.15, 0.2) is 0 Å². The molecule has 0 spiro atoms. The molecule has 0 aromatic heterocycles. The molecule has 0 saturated heterocycles. The molecule has 7 rings (SSSR count). The van der Waals surface area contributed by atoms with Gasteiger partial charge in [0.2, 0.25) is 0 Å². The molecule has 2 nitrogen and oxygen atoms in total. The minimum atomic E-state index is 0.00415. The molecule has 3 aliphatic rings. The van der Waals surface area contributed by atoms with Crippen molar-refractivity contribution in [3.8, 4) is 11.1 Å². The molecule has 4 aromatic carbocycles. The first-order valence-electron chi connectivity index (χ1n) is 12.5. The molecule has 0 bridgehead atoms. The quantitative estimate of drug-likeness (QED) is 0.335. The Morgan fingerprint density at radius 3 is 2.29 bits per heavy atom. The SMILES string of the molecule is CC1(C)c2ccccc2-c2ccc(Nc3ccc4c(c3)C3C=CC=CC3N4c3ccccc3)cc21. The van der Waals surface area contributed by atoms with E-state index < -0.39 is 0 Å². The predicted molar refractivity (Wildman–Crippen MR) is 147 cm³/mol. The summed E-state index contributed by atoms with van der Waals surface area (Å²) in [5.74, 6) is 0.352. The van der Waals surface area contributed by atoms with Gasteiger partial charge < -0.3 is 10.2 Å². The average molecular weight is 453 g/mol. The maximum atomic E-state index is 3.72. The van der Waals surface area contributed by atoms with Crippen molar-refractivity contribution in [2.75, 3.05) is 10.2 Å². The van der Waals surface area contributed by atoms with Crippen molar-refractivity contribution >= 4 is 22.7 Å². The summed E-state index contributed by atoms with van der Waals surface area (Å²) in [5.41, 5.74) is 11.7. The zero-order chi connectivity index (χ0) is 23.6. The Morgan fingerprint density at radius 1 is 0.686 bits per heavy atom. The molecule has 4 aromatic rings. The van der Waals surface area contributed by atoms with Crippen LogP contribution in [0.25, 0.3) is 11.1 Å². The molecule has 35 heavy (non-hydrogen) atoms. The van der Waals surface area contributed by atoms with E-state index in [9.17, 15) is 0 Å². The van der Waals surface area contributed by atoms with Crippen molar-refractivity contribution in [3.05, 3.63) is 132 Å². The molecule has 2 unspecified atom stereocenters. The molecule has 1 aliphatic heterocycles. The highest BCUT2D eigenvalue weighted by Gasteiger charge is 2.38. The van der Waals surface area contributed by atoms with E-state index in [1.165, 1.54) is 39.2 Å². The van der Waals surface area contributed by atoms with Crippen LogP contribution in [-0.2, 0) is 5.41 Å². The van der Waals surface area contributed by atoms with Crippen LogP contribution in [0.5, 0.6) is 0 Å². The van der Waals surface area contributed by atoms with E-state index >= 15 is 0 Å². The number of para-hydroxylation sites is 1. The molecule has 0 fully saturated rings. The van der Waals surface area contributed by atoms with Crippen molar-refractivity contribution in [2.45, 2.75) is 31.2 Å². The highest BCUT2D eigenvalue weighted by atomic mass is 15.2. The average Bonchev–Trinajstić information content (AvgIpc) is 3.34. The number of fused-ring (bicyclic) bond motifs is 6. The second-order valence-electron chi connectivity index (χ2n) is 10.3. The maximum Gasteiger partial charge on any atom is 0.0629 e. The van der Waals surface area contributed by atoms with Gasteiger partial charge in [-0.3, -0.25) is 0 Å². The van der Waals surface area contributed by atoms with Crippen LogP contribution in [0.1, 0.15) is 36.5 Å². The number of nitrogens with zero attached hydrogens (tertiary/aromatic N) is 1. The largest absolute Gasteiger partial charge is 0.356 e. The zero-order valence-corrected chi connectivity index (χ0v) is 20.1. The van der Waals surface area contributed by atoms with Gasteiger partial charge in [0.1, 0.15) is 0 Å². The third kappa shape index (κ3) is 3.03. The lowest BCUT2D eigenvalue weighted by atomic mass is 9.82. The lowest BCUT2D eigenvalue weighted by Crippen LogP contribution is -2.28. The summed E-state index contributed by atoms with van der Waals surface area (Å²) in [6.45, 7) is 4.66. The van der Waals surface area contributed by atoms with E-state index in [1.54, 1.807) is 0 Å². The van der Waals surface area contributed by atoms with Crippen molar-refractivity contribution in [2.24, 2.45) is 0 Å². The molecular weight excluding hydrogens is 424 g/mol. The van der Waals surface area contributed by atoms with Crippen LogP contribution < -0.4 is 10.2 Å². The molecule has 2 aliphatic carbocycles. The highest BCUT2D eigenvalue weighted by Crippen LogP contribution is 2.50. The number of allylic oxidation sites excluding steroid dienone is 2. The first kappa shape index (κ1) is 20.3. The summed E-state index contributed by atoms with van der Waals surface area (Å²) >= 11 is 0. The van der Waals surface area contributed by atoms with Gasteiger partial charge in [0.25, 0.3) is 0 Å². The summed E-state index contributed by atoms with van der Waals surface area (Å²) in [6, 6.07) is 33.5. The standard InChI is InChI=1S/C33H28N2/c1-33(2)29-14-8-6-12-25(29)26-18-16-23(21-30(26)33)34-22-17-19-32-28(20-22)27-13-7-9-15-31(27)35(32)24-10-4-3-5-11-24/h3-21,27,31,34H,1-2H3. The van der Waals surface area contributed by atoms with Crippen molar-refractivity contribution < 1.29 is 0 Å². The van der Waals surface area contributed by atoms with Gasteiger partial charge in [-0.1, -0.05) is 86.7 Å². The van der Waals surface area contributed by atoms with E-state index in [-0.39, 0.29) is 5.41 Å². The lowest BCUT2D eigenvalue weighted by Gasteiger charge is -2.28. The summed E-state index contributed by atoms with van der Waals surface area (Å²) in [7, 11) is 0. The van der Waals surface area contributed by atoms with Gasteiger partial charge in [-0.25, -0.2) is 0 Å². The third-order valence-electron chi connectivity index (χ3n) is 7.96. The van der Waals surface area contributed by atoms with Gasteiger partial charge in [0, 0.05) is 34.1 Å². The predicted octanol–water partition coefficient (Wildman–Crippen LogP) is 8.47. The number of hydrogen-bond donors (Lipinski definition) is 1. The fourth-order valence-corrected chi connectivity index (χ4v) is 6.26. The molecule has 1 heterocycles. The molecule has 2 heteroatoms. The molecule has 0 radical (unpaired) electrons. The number of hydrogen-bond acceptors (Lipinski definition) is 2. The maximum absolute atomic E-state index is 3.72. The number of anilines is 4. The smallest absolute Gasteiger partial charge is 0.0629 e. The van der Waals surface area contributed by atoms with E-state index in [0.29, 0.717) is 12.0 Å². The fourth-order valence-electron chi connectivity index (χ4n) is 6.26. The summed E-state index contributed by atoms with van der Waals surface area (Å²) < 4.78 is 0. The Morgan fingerprint density at radius 2 is 1.40 bits per heavy atom. The van der Waals surface area contributed by atoms with Gasteiger partial charge in [-0.05, 0) is 70.3 Å². The molecule has 0 amide bonds. The van der Waals surface area contributed by atoms with E-state index in [1.807, 2.05) is 0 Å². The number of nitrogens with one attached hydrogen (secondary N) is 1. The molecule has 0 saturated carbocycles. The Hall–Kier alpha value is -4.04. The first-order valence-corrected chi connectivity index (χ1v) is 12.5. The van der Waals surface area contributed by atoms with E-state index in [0.717, 1.165) is 11.4 Å². The van der Waals surface area contributed by atoms with E-state index in [4.69, 9.17) is 0 Å². The van der Waals surface area contributed by atoms with E-state index in [2.05, 4.69) is 139 Å². The Labute approximate surface area is 207 Å². The van der Waals surface area contributed by atoms with Crippen LogP contribution >= 0.6 is 0 Å². The number of rotatable bonds is 3. The third-order valence-corrected chi connectivity index (χ3v) is 7.96. The van der Waals surface area contributed by atoms with Gasteiger partial charge in [-0.15, -0.1) is 0 Å². The Kier molecular flexibility index (Phi) is 4.35. The van der Waals surface area contributed by atoms with Gasteiger partial charge in [-0.2, -0.15) is 0 Å². The fraction of sp³-hybridized carbons (Fsp3) is 0.152. The second-order valence-corrected chi connectivity index (χ2v) is 10.3. The Bertz CT molecular complexity index is 1510. The second kappa shape index (κ2) is 7.48. The zero-order valence-electron chi connectivity index (χ0n) is 20.1. The molecule has 1 N–H and O–H groups in total. The minimum Gasteiger partial charge on any atom is -0.356 e. The van der Waals surface area contributed by atoms with Gasteiger partial charge in [0.05, 0.1) is 6.04 Å². The van der Waals surface area contributed by atoms with Crippen molar-refractivity contribution in [1.29, 1.82) is 0 Å². The molecular formula is C33H28N2. The van der Waals surface area contributed by atoms with Crippen LogP contribution in [0.15, 0.2) is 115 Å². The first-order chi connectivity index (χ1) is 17.1. The van der Waals surface area contributed by atoms with Crippen LogP contribution in [0.2, 0.25) is 0 Å². The van der Waals surface area contributed by atoms with Crippen molar-refractivity contribution in [1.82, 2.24) is 0 Å². The van der Waals surface area contributed by atoms with Crippen LogP contribution in [0.4, 0.5) is 22.7 Å². The normalized spacial score (nSPS) is 20.2. The molecule has 170 valence electrons. The van der Waals surface area contributed by atoms with Crippen molar-refractivity contribution in [3.63, 3.8) is 0 Å². The summed E-state index contributed by atoms with van der Waals surface area (Å²) in [6.07, 6.45) is 9.02. The van der Waals surface area contributed by atoms with Crippen LogP contribution in [0, 0.1) is 0 Å². The summed E-state index contributed by atoms with van der Waals surface area (Å²) in [5, 5.41) is 3.72. The topological polar surface area (TPSA) is 15.3 Å². The lowest BCUT2D eigenvalue weighted by molar-refractivity contribution is 0.660. The minimum absolute atomic E-state index is 0.00415. The van der Waals surface area contributed by atoms with Crippen LogP contribution in [-0.4, -0.2) is 6.04 Å². The monoisotopic (exact) mass is 452 g/mol. The highest BCUT2D eigenvalue weighted by molar-refractivity contribution is 5.83. The molecule has 2 atom stereocenters. The van der Waals surface area contributed by atoms with Gasteiger partial charge >= 0.3 is 0 Å². The van der Waals surface area contributed by atoms with Crippen LogP contribution in [0.3, 0.4) is 0 Å². The Balaban J connectivity index is 1.25. The number of benzene rings is 4. The summed E-state index contributed by atoms with van der Waals surface area (Å²) in [4.78, 5) is 2.47.